The van der Waals surface area contributed by atoms with Gasteiger partial charge in [-0.05, 0) is 29.2 Å². The number of aliphatic hydroxyl groups is 1. The van der Waals surface area contributed by atoms with Gasteiger partial charge in [-0.2, -0.15) is 0 Å². The first kappa shape index (κ1) is 14.0. The summed E-state index contributed by atoms with van der Waals surface area (Å²) in [5, 5.41) is 15.3. The van der Waals surface area contributed by atoms with Gasteiger partial charge in [-0.25, -0.2) is 0 Å². The van der Waals surface area contributed by atoms with E-state index < -0.39 is 5.60 Å². The van der Waals surface area contributed by atoms with E-state index in [1.54, 1.807) is 0 Å². The lowest BCUT2D eigenvalue weighted by molar-refractivity contribution is 0.0611. The van der Waals surface area contributed by atoms with Crippen LogP contribution in [0.5, 0.6) is 0 Å². The normalized spacial score (nSPS) is 16.7. The van der Waals surface area contributed by atoms with Crippen molar-refractivity contribution < 1.29 is 5.11 Å². The Morgan fingerprint density at radius 1 is 0.739 bits per heavy atom. The molecule has 23 heavy (non-hydrogen) atoms. The van der Waals surface area contributed by atoms with Crippen molar-refractivity contribution in [1.29, 1.82) is 0 Å². The first-order valence-corrected chi connectivity index (χ1v) is 7.96. The van der Waals surface area contributed by atoms with Gasteiger partial charge in [0.25, 0.3) is 0 Å². The quantitative estimate of drug-likeness (QED) is 0.767. The summed E-state index contributed by atoms with van der Waals surface area (Å²) in [7, 11) is 0. The molecule has 0 saturated heterocycles. The molecule has 1 aliphatic rings. The van der Waals surface area contributed by atoms with E-state index in [1.165, 1.54) is 5.56 Å². The Labute approximate surface area is 136 Å². The molecule has 0 aliphatic carbocycles. The molecule has 0 aromatic heterocycles. The van der Waals surface area contributed by atoms with Gasteiger partial charge in [0.2, 0.25) is 0 Å². The molecule has 0 radical (unpaired) electrons. The lowest BCUT2D eigenvalue weighted by Gasteiger charge is -2.35. The Morgan fingerprint density at radius 3 is 1.83 bits per heavy atom. The van der Waals surface area contributed by atoms with E-state index in [9.17, 15) is 5.11 Å². The second-order valence-electron chi connectivity index (χ2n) is 6.06. The molecule has 114 valence electrons. The minimum absolute atomic E-state index is 0.0929. The van der Waals surface area contributed by atoms with E-state index in [-0.39, 0.29) is 6.04 Å². The Hall–Kier alpha value is -2.58. The number of benzene rings is 3. The van der Waals surface area contributed by atoms with Crippen molar-refractivity contribution in [2.24, 2.45) is 0 Å². The minimum Gasteiger partial charge on any atom is -0.378 e. The molecule has 4 rings (SSSR count). The van der Waals surface area contributed by atoms with E-state index in [0.717, 1.165) is 23.2 Å². The van der Waals surface area contributed by atoms with Gasteiger partial charge in [0.1, 0.15) is 5.60 Å². The maximum Gasteiger partial charge on any atom is 0.135 e. The van der Waals surface area contributed by atoms with Crippen molar-refractivity contribution in [2.45, 2.75) is 18.1 Å². The number of para-hydroxylation sites is 1. The SMILES string of the molecule is OC(c1ccccc1)(c1ccccc1)C1Cc2ccccc2N1. The van der Waals surface area contributed by atoms with Gasteiger partial charge in [0, 0.05) is 5.69 Å². The maximum absolute atomic E-state index is 11.8. The molecular weight excluding hydrogens is 282 g/mol. The summed E-state index contributed by atoms with van der Waals surface area (Å²) in [5.74, 6) is 0. The highest BCUT2D eigenvalue weighted by Gasteiger charge is 2.42. The zero-order valence-electron chi connectivity index (χ0n) is 12.8. The fourth-order valence-electron chi connectivity index (χ4n) is 3.50. The molecule has 1 heterocycles. The third-order valence-corrected chi connectivity index (χ3v) is 4.70. The van der Waals surface area contributed by atoms with Crippen LogP contribution in [0.25, 0.3) is 0 Å². The van der Waals surface area contributed by atoms with E-state index in [2.05, 4.69) is 17.4 Å². The molecule has 0 spiro atoms. The number of anilines is 1. The highest BCUT2D eigenvalue weighted by atomic mass is 16.3. The lowest BCUT2D eigenvalue weighted by atomic mass is 9.79. The molecule has 0 saturated carbocycles. The third kappa shape index (κ3) is 2.32. The van der Waals surface area contributed by atoms with Gasteiger partial charge in [0.15, 0.2) is 0 Å². The summed E-state index contributed by atoms with van der Waals surface area (Å²) in [6, 6.07) is 28.0. The van der Waals surface area contributed by atoms with Crippen molar-refractivity contribution in [3.8, 4) is 0 Å². The fraction of sp³-hybridized carbons (Fsp3) is 0.143. The van der Waals surface area contributed by atoms with Crippen LogP contribution in [-0.2, 0) is 12.0 Å². The second kappa shape index (κ2) is 5.56. The van der Waals surface area contributed by atoms with Gasteiger partial charge >= 0.3 is 0 Å². The Bertz CT molecular complexity index is 734. The summed E-state index contributed by atoms with van der Waals surface area (Å²) in [5.41, 5.74) is 3.13. The predicted molar refractivity (Wildman–Crippen MR) is 93.4 cm³/mol. The van der Waals surface area contributed by atoms with E-state index in [0.29, 0.717) is 0 Å². The van der Waals surface area contributed by atoms with Crippen molar-refractivity contribution in [1.82, 2.24) is 0 Å². The van der Waals surface area contributed by atoms with Crippen molar-refractivity contribution in [3.05, 3.63) is 102 Å². The van der Waals surface area contributed by atoms with Gasteiger partial charge in [-0.1, -0.05) is 78.9 Å². The third-order valence-electron chi connectivity index (χ3n) is 4.70. The van der Waals surface area contributed by atoms with Crippen LogP contribution in [0.2, 0.25) is 0 Å². The first-order chi connectivity index (χ1) is 11.3. The number of fused-ring (bicyclic) bond motifs is 1. The van der Waals surface area contributed by atoms with Crippen LogP contribution in [0, 0.1) is 0 Å². The summed E-state index contributed by atoms with van der Waals surface area (Å²) >= 11 is 0. The van der Waals surface area contributed by atoms with Gasteiger partial charge < -0.3 is 10.4 Å². The van der Waals surface area contributed by atoms with Crippen LogP contribution in [0.4, 0.5) is 5.69 Å². The molecule has 3 aromatic rings. The molecule has 0 fully saturated rings. The van der Waals surface area contributed by atoms with Crippen LogP contribution in [0.3, 0.4) is 0 Å². The second-order valence-corrected chi connectivity index (χ2v) is 6.06. The number of hydrogen-bond donors (Lipinski definition) is 2. The summed E-state index contributed by atoms with van der Waals surface area (Å²) in [4.78, 5) is 0. The fourth-order valence-corrected chi connectivity index (χ4v) is 3.50. The Morgan fingerprint density at radius 2 is 1.26 bits per heavy atom. The van der Waals surface area contributed by atoms with Crippen molar-refractivity contribution in [2.75, 3.05) is 5.32 Å². The molecule has 2 N–H and O–H groups in total. The van der Waals surface area contributed by atoms with Crippen molar-refractivity contribution in [3.63, 3.8) is 0 Å². The molecular formula is C21H19NO. The molecule has 2 heteroatoms. The van der Waals surface area contributed by atoms with Crippen LogP contribution >= 0.6 is 0 Å². The maximum atomic E-state index is 11.8. The zero-order valence-corrected chi connectivity index (χ0v) is 12.8. The lowest BCUT2D eigenvalue weighted by Crippen LogP contribution is -2.44. The highest BCUT2D eigenvalue weighted by molar-refractivity contribution is 5.59. The monoisotopic (exact) mass is 301 g/mol. The van der Waals surface area contributed by atoms with Gasteiger partial charge in [-0.3, -0.25) is 0 Å². The standard InChI is InChI=1S/C21H19NO/c23-21(17-10-3-1-4-11-17,18-12-5-2-6-13-18)20-15-16-9-7-8-14-19(16)22-20/h1-14,20,22-23H,15H2. The van der Waals surface area contributed by atoms with E-state index >= 15 is 0 Å². The number of hydrogen-bond acceptors (Lipinski definition) is 2. The number of rotatable bonds is 3. The molecule has 0 bridgehead atoms. The van der Waals surface area contributed by atoms with Crippen LogP contribution in [-0.4, -0.2) is 11.1 Å². The minimum atomic E-state index is -1.07. The Kier molecular flexibility index (Phi) is 3.40. The molecule has 1 unspecified atom stereocenters. The average Bonchev–Trinajstić information content (AvgIpc) is 3.07. The van der Waals surface area contributed by atoms with Gasteiger partial charge in [0.05, 0.1) is 6.04 Å². The van der Waals surface area contributed by atoms with Crippen molar-refractivity contribution >= 4 is 5.69 Å². The predicted octanol–water partition coefficient (Wildman–Crippen LogP) is 3.96. The summed E-state index contributed by atoms with van der Waals surface area (Å²) in [6.45, 7) is 0. The van der Waals surface area contributed by atoms with E-state index in [4.69, 9.17) is 0 Å². The topological polar surface area (TPSA) is 32.3 Å². The first-order valence-electron chi connectivity index (χ1n) is 7.96. The molecule has 1 aliphatic heterocycles. The molecule has 0 amide bonds. The molecule has 1 atom stereocenters. The van der Waals surface area contributed by atoms with Gasteiger partial charge in [-0.15, -0.1) is 0 Å². The van der Waals surface area contributed by atoms with Crippen LogP contribution in [0.15, 0.2) is 84.9 Å². The highest BCUT2D eigenvalue weighted by Crippen LogP contribution is 2.40. The summed E-state index contributed by atoms with van der Waals surface area (Å²) in [6.07, 6.45) is 0.802. The molecule has 3 aromatic carbocycles. The largest absolute Gasteiger partial charge is 0.378 e. The zero-order chi connectivity index (χ0) is 15.7. The van der Waals surface area contributed by atoms with E-state index in [1.807, 2.05) is 72.8 Å². The number of nitrogens with one attached hydrogen (secondary N) is 1. The smallest absolute Gasteiger partial charge is 0.135 e. The van der Waals surface area contributed by atoms with Crippen LogP contribution < -0.4 is 5.32 Å². The molecule has 2 nitrogen and oxygen atoms in total. The Balaban J connectivity index is 1.82. The van der Waals surface area contributed by atoms with Crippen LogP contribution in [0.1, 0.15) is 16.7 Å². The summed E-state index contributed by atoms with van der Waals surface area (Å²) < 4.78 is 0. The average molecular weight is 301 g/mol.